The first-order chi connectivity index (χ1) is 7.77. The summed E-state index contributed by atoms with van der Waals surface area (Å²) in [6.45, 7) is 1.81. The van der Waals surface area contributed by atoms with Crippen LogP contribution < -0.4 is 4.74 Å². The number of benzene rings is 1. The van der Waals surface area contributed by atoms with Crippen molar-refractivity contribution in [2.45, 2.75) is 26.2 Å². The summed E-state index contributed by atoms with van der Waals surface area (Å²) < 4.78 is 5.07. The molecule has 84 valence electrons. The minimum atomic E-state index is 0.150. The summed E-state index contributed by atoms with van der Waals surface area (Å²) in [7, 11) is 1.60. The molecule has 2 nitrogen and oxygen atoms in total. The Morgan fingerprint density at radius 3 is 2.94 bits per heavy atom. The van der Waals surface area contributed by atoms with Crippen molar-refractivity contribution in [3.63, 3.8) is 0 Å². The van der Waals surface area contributed by atoms with Gasteiger partial charge in [-0.1, -0.05) is 12.1 Å². The van der Waals surface area contributed by atoms with Crippen LogP contribution in [0.1, 0.15) is 36.5 Å². The van der Waals surface area contributed by atoms with Gasteiger partial charge in [0.2, 0.25) is 0 Å². The molecule has 0 bridgehead atoms. The molecule has 0 radical (unpaired) electrons. The smallest absolute Gasteiger partial charge is 0.163 e. The third-order valence-corrected chi connectivity index (χ3v) is 2.27. The Morgan fingerprint density at radius 2 is 2.25 bits per heavy atom. The number of ketones is 1. The fraction of sp³-hybridized carbons (Fsp3) is 0.357. The minimum Gasteiger partial charge on any atom is -0.497 e. The Balaban J connectivity index is 2.54. The molecule has 0 atom stereocenters. The van der Waals surface area contributed by atoms with E-state index >= 15 is 0 Å². The molecule has 0 aliphatic rings. The lowest BCUT2D eigenvalue weighted by atomic mass is 10.1. The molecule has 16 heavy (non-hydrogen) atoms. The molecule has 1 aromatic carbocycles. The van der Waals surface area contributed by atoms with Crippen LogP contribution in [-0.4, -0.2) is 12.9 Å². The maximum atomic E-state index is 11.8. The van der Waals surface area contributed by atoms with Crippen LogP contribution in [0.3, 0.4) is 0 Å². The third kappa shape index (κ3) is 3.78. The van der Waals surface area contributed by atoms with Crippen LogP contribution in [0.25, 0.3) is 0 Å². The Hall–Kier alpha value is -1.75. The Morgan fingerprint density at radius 1 is 1.44 bits per heavy atom. The fourth-order valence-electron chi connectivity index (χ4n) is 1.40. The second kappa shape index (κ2) is 6.68. The van der Waals surface area contributed by atoms with Gasteiger partial charge >= 0.3 is 0 Å². The second-order valence-corrected chi connectivity index (χ2v) is 3.44. The molecule has 0 aliphatic carbocycles. The summed E-state index contributed by atoms with van der Waals surface area (Å²) in [4.78, 5) is 11.8. The van der Waals surface area contributed by atoms with E-state index in [4.69, 9.17) is 4.74 Å². The molecule has 0 spiro atoms. The van der Waals surface area contributed by atoms with Crippen LogP contribution >= 0.6 is 0 Å². The second-order valence-electron chi connectivity index (χ2n) is 3.44. The summed E-state index contributed by atoms with van der Waals surface area (Å²) in [6, 6.07) is 7.25. The minimum absolute atomic E-state index is 0.150. The summed E-state index contributed by atoms with van der Waals surface area (Å²) in [5, 5.41) is 0. The Kier molecular flexibility index (Phi) is 5.15. The van der Waals surface area contributed by atoms with Crippen molar-refractivity contribution in [1.82, 2.24) is 0 Å². The van der Waals surface area contributed by atoms with Gasteiger partial charge < -0.3 is 4.74 Å². The van der Waals surface area contributed by atoms with Crippen molar-refractivity contribution in [3.05, 3.63) is 29.8 Å². The summed E-state index contributed by atoms with van der Waals surface area (Å²) in [5.41, 5.74) is 0.712. The van der Waals surface area contributed by atoms with Crippen LogP contribution in [0.5, 0.6) is 5.75 Å². The van der Waals surface area contributed by atoms with E-state index in [1.54, 1.807) is 13.2 Å². The molecule has 2 heteroatoms. The summed E-state index contributed by atoms with van der Waals surface area (Å²) in [5.74, 6) is 6.64. The molecule has 0 N–H and O–H groups in total. The number of rotatable bonds is 5. The quantitative estimate of drug-likeness (QED) is 0.429. The highest BCUT2D eigenvalue weighted by atomic mass is 16.5. The van der Waals surface area contributed by atoms with Gasteiger partial charge in [-0.15, -0.1) is 11.8 Å². The van der Waals surface area contributed by atoms with Crippen LogP contribution in [0.2, 0.25) is 0 Å². The lowest BCUT2D eigenvalue weighted by Crippen LogP contribution is -1.99. The van der Waals surface area contributed by atoms with Gasteiger partial charge in [-0.3, -0.25) is 4.79 Å². The zero-order valence-corrected chi connectivity index (χ0v) is 9.75. The number of unbranched alkanes of at least 4 members (excludes halogenated alkanes) is 1. The topological polar surface area (TPSA) is 26.3 Å². The van der Waals surface area contributed by atoms with Crippen molar-refractivity contribution in [2.75, 3.05) is 7.11 Å². The van der Waals surface area contributed by atoms with Crippen molar-refractivity contribution >= 4 is 5.78 Å². The molecule has 0 saturated heterocycles. The zero-order valence-electron chi connectivity index (χ0n) is 9.75. The van der Waals surface area contributed by atoms with E-state index in [0.717, 1.165) is 18.6 Å². The molecular formula is C14H16O2. The first-order valence-electron chi connectivity index (χ1n) is 5.34. The predicted octanol–water partition coefficient (Wildman–Crippen LogP) is 3.07. The van der Waals surface area contributed by atoms with E-state index in [-0.39, 0.29) is 5.78 Å². The Labute approximate surface area is 96.6 Å². The van der Waals surface area contributed by atoms with Gasteiger partial charge in [-0.25, -0.2) is 0 Å². The maximum absolute atomic E-state index is 11.8. The van der Waals surface area contributed by atoms with E-state index in [9.17, 15) is 4.79 Å². The van der Waals surface area contributed by atoms with E-state index < -0.39 is 0 Å². The molecule has 1 rings (SSSR count). The van der Waals surface area contributed by atoms with Gasteiger partial charge in [0, 0.05) is 18.4 Å². The van der Waals surface area contributed by atoms with Gasteiger partial charge in [-0.05, 0) is 25.5 Å². The van der Waals surface area contributed by atoms with E-state index in [0.29, 0.717) is 12.0 Å². The molecule has 1 aromatic rings. The molecule has 0 aliphatic heterocycles. The average molecular weight is 216 g/mol. The average Bonchev–Trinajstić information content (AvgIpc) is 2.34. The third-order valence-electron chi connectivity index (χ3n) is 2.27. The van der Waals surface area contributed by atoms with Crippen molar-refractivity contribution < 1.29 is 9.53 Å². The first kappa shape index (κ1) is 12.3. The number of methoxy groups -OCH3 is 1. The number of hydrogen-bond acceptors (Lipinski definition) is 2. The standard InChI is InChI=1S/C14H16O2/c1-3-4-5-6-10-14(15)12-8-7-9-13(11-12)16-2/h7-9,11H,5-6,10H2,1-2H3. The summed E-state index contributed by atoms with van der Waals surface area (Å²) in [6.07, 6.45) is 2.14. The summed E-state index contributed by atoms with van der Waals surface area (Å²) >= 11 is 0. The van der Waals surface area contributed by atoms with E-state index in [1.165, 1.54) is 0 Å². The largest absolute Gasteiger partial charge is 0.497 e. The molecular weight excluding hydrogens is 200 g/mol. The van der Waals surface area contributed by atoms with Crippen LogP contribution in [0, 0.1) is 11.8 Å². The number of carbonyl (C=O) groups excluding carboxylic acids is 1. The molecule has 0 heterocycles. The number of hydrogen-bond donors (Lipinski definition) is 0. The highest BCUT2D eigenvalue weighted by Gasteiger charge is 2.05. The number of ether oxygens (including phenoxy) is 1. The van der Waals surface area contributed by atoms with E-state index in [2.05, 4.69) is 11.8 Å². The van der Waals surface area contributed by atoms with Crippen LogP contribution in [0.4, 0.5) is 0 Å². The van der Waals surface area contributed by atoms with Crippen molar-refractivity contribution in [2.24, 2.45) is 0 Å². The van der Waals surface area contributed by atoms with Crippen molar-refractivity contribution in [3.8, 4) is 17.6 Å². The highest BCUT2D eigenvalue weighted by Crippen LogP contribution is 2.14. The lowest BCUT2D eigenvalue weighted by Gasteiger charge is -2.02. The van der Waals surface area contributed by atoms with Crippen LogP contribution in [-0.2, 0) is 0 Å². The number of carbonyl (C=O) groups is 1. The SMILES string of the molecule is CC#CCCCC(=O)c1cccc(OC)c1. The normalized spacial score (nSPS) is 9.12. The van der Waals surface area contributed by atoms with Gasteiger partial charge in [0.15, 0.2) is 5.78 Å². The monoisotopic (exact) mass is 216 g/mol. The van der Waals surface area contributed by atoms with Gasteiger partial charge in [-0.2, -0.15) is 0 Å². The zero-order chi connectivity index (χ0) is 11.8. The van der Waals surface area contributed by atoms with E-state index in [1.807, 2.05) is 25.1 Å². The highest BCUT2D eigenvalue weighted by molar-refractivity contribution is 5.96. The van der Waals surface area contributed by atoms with Gasteiger partial charge in [0.25, 0.3) is 0 Å². The lowest BCUT2D eigenvalue weighted by molar-refractivity contribution is 0.0980. The molecule has 0 saturated carbocycles. The molecule has 0 amide bonds. The molecule has 0 fully saturated rings. The molecule has 0 unspecified atom stereocenters. The number of Topliss-reactive ketones (excluding diaryl/α,β-unsaturated/α-hetero) is 1. The van der Waals surface area contributed by atoms with Crippen LogP contribution in [0.15, 0.2) is 24.3 Å². The predicted molar refractivity (Wildman–Crippen MR) is 64.6 cm³/mol. The first-order valence-corrected chi connectivity index (χ1v) is 5.34. The van der Waals surface area contributed by atoms with Gasteiger partial charge in [0.05, 0.1) is 7.11 Å². The fourth-order valence-corrected chi connectivity index (χ4v) is 1.40. The Bertz CT molecular complexity index is 410. The van der Waals surface area contributed by atoms with Gasteiger partial charge in [0.1, 0.15) is 5.75 Å². The maximum Gasteiger partial charge on any atom is 0.163 e. The molecule has 0 aromatic heterocycles. The van der Waals surface area contributed by atoms with Crippen molar-refractivity contribution in [1.29, 1.82) is 0 Å².